The third kappa shape index (κ3) is 4.66. The van der Waals surface area contributed by atoms with Gasteiger partial charge in [-0.05, 0) is 6.08 Å². The number of esters is 2. The first kappa shape index (κ1) is 17.7. The van der Waals surface area contributed by atoms with E-state index in [2.05, 4.69) is 4.98 Å². The molecular formula is C15H18N2O7. The lowest BCUT2D eigenvalue weighted by Gasteiger charge is -2.32. The lowest BCUT2D eigenvalue weighted by atomic mass is 10.0. The number of hydrogen-bond acceptors (Lipinski definition) is 7. The fourth-order valence-electron chi connectivity index (χ4n) is 2.21. The second-order valence-corrected chi connectivity index (χ2v) is 5.24. The summed E-state index contributed by atoms with van der Waals surface area (Å²) in [5, 5.41) is 0. The van der Waals surface area contributed by atoms with E-state index < -0.39 is 35.5 Å². The predicted octanol–water partition coefficient (Wildman–Crippen LogP) is -0.267. The molecular weight excluding hydrogens is 320 g/mol. The van der Waals surface area contributed by atoms with E-state index in [1.165, 1.54) is 30.7 Å². The minimum Gasteiger partial charge on any atom is -0.465 e. The zero-order chi connectivity index (χ0) is 17.7. The molecule has 1 aliphatic heterocycles. The number of carbonyl (C=O) groups is 2. The fourth-order valence-corrected chi connectivity index (χ4v) is 2.21. The highest BCUT2D eigenvalue weighted by atomic mass is 16.6. The fraction of sp³-hybridized carbons (Fsp3) is 0.467. The summed E-state index contributed by atoms with van der Waals surface area (Å²) < 4.78 is 16.9. The maximum absolute atomic E-state index is 11.8. The molecule has 0 saturated heterocycles. The van der Waals surface area contributed by atoms with Crippen LogP contribution in [0.1, 0.15) is 20.1 Å². The Kier molecular flexibility index (Phi) is 5.69. The Morgan fingerprint density at radius 3 is 2.46 bits per heavy atom. The molecule has 0 unspecified atom stereocenters. The van der Waals surface area contributed by atoms with Gasteiger partial charge in [0.05, 0.1) is 0 Å². The van der Waals surface area contributed by atoms with Crippen LogP contribution in [0.4, 0.5) is 0 Å². The van der Waals surface area contributed by atoms with Crippen LogP contribution in [0, 0.1) is 5.92 Å². The molecule has 2 heterocycles. The summed E-state index contributed by atoms with van der Waals surface area (Å²) in [6.07, 6.45) is 3.26. The number of aromatic nitrogens is 2. The third-order valence-corrected chi connectivity index (χ3v) is 3.37. The van der Waals surface area contributed by atoms with E-state index in [1.807, 2.05) is 0 Å². The van der Waals surface area contributed by atoms with Gasteiger partial charge in [-0.25, -0.2) is 4.79 Å². The van der Waals surface area contributed by atoms with Crippen molar-refractivity contribution in [2.45, 2.75) is 26.2 Å². The van der Waals surface area contributed by atoms with Crippen LogP contribution in [0.15, 0.2) is 34.0 Å². The average Bonchev–Trinajstić information content (AvgIpc) is 2.51. The van der Waals surface area contributed by atoms with Crippen molar-refractivity contribution in [3.63, 3.8) is 0 Å². The standard InChI is InChI=1S/C15H18N2O7/c1-9(18)22-7-11-3-4-14(24-12(11)8-23-10(2)19)17-6-5-13(20)16-15(17)21/h3-6,11-12,14H,7-8H2,1-2H3,(H,16,20,21)/t11-,12-,14+/m1/s1. The Hall–Kier alpha value is -2.68. The number of aromatic amines is 1. The summed E-state index contributed by atoms with van der Waals surface area (Å²) in [5.41, 5.74) is -1.14. The molecule has 2 rings (SSSR count). The molecule has 1 N–H and O–H groups in total. The van der Waals surface area contributed by atoms with E-state index >= 15 is 0 Å². The Morgan fingerprint density at radius 1 is 1.17 bits per heavy atom. The van der Waals surface area contributed by atoms with Gasteiger partial charge in [-0.1, -0.05) is 6.08 Å². The van der Waals surface area contributed by atoms with Crippen LogP contribution in [0.3, 0.4) is 0 Å². The van der Waals surface area contributed by atoms with Crippen LogP contribution >= 0.6 is 0 Å². The van der Waals surface area contributed by atoms with E-state index in [0.29, 0.717) is 0 Å². The summed E-state index contributed by atoms with van der Waals surface area (Å²) in [6.45, 7) is 2.56. The van der Waals surface area contributed by atoms with Crippen molar-refractivity contribution in [1.82, 2.24) is 9.55 Å². The van der Waals surface area contributed by atoms with Gasteiger partial charge in [0.15, 0.2) is 6.23 Å². The summed E-state index contributed by atoms with van der Waals surface area (Å²) >= 11 is 0. The summed E-state index contributed by atoms with van der Waals surface area (Å²) in [6, 6.07) is 1.20. The molecule has 0 aromatic carbocycles. The number of rotatable bonds is 5. The lowest BCUT2D eigenvalue weighted by molar-refractivity contribution is -0.156. The van der Waals surface area contributed by atoms with Crippen LogP contribution in [-0.2, 0) is 23.8 Å². The van der Waals surface area contributed by atoms with Crippen LogP contribution in [-0.4, -0.2) is 40.8 Å². The van der Waals surface area contributed by atoms with Gasteiger partial charge < -0.3 is 14.2 Å². The van der Waals surface area contributed by atoms with Gasteiger partial charge in [-0.3, -0.25) is 23.9 Å². The second-order valence-electron chi connectivity index (χ2n) is 5.24. The van der Waals surface area contributed by atoms with Crippen molar-refractivity contribution in [3.05, 3.63) is 45.3 Å². The highest BCUT2D eigenvalue weighted by molar-refractivity contribution is 5.66. The molecule has 0 fully saturated rings. The normalized spacial score (nSPS) is 22.8. The molecule has 130 valence electrons. The summed E-state index contributed by atoms with van der Waals surface area (Å²) in [5.74, 6) is -1.24. The number of H-pyrrole nitrogens is 1. The van der Waals surface area contributed by atoms with Gasteiger partial charge in [0.1, 0.15) is 19.3 Å². The number of nitrogens with zero attached hydrogens (tertiary/aromatic N) is 1. The molecule has 1 aromatic rings. The predicted molar refractivity (Wildman–Crippen MR) is 81.1 cm³/mol. The van der Waals surface area contributed by atoms with Crippen molar-refractivity contribution in [2.24, 2.45) is 5.92 Å². The molecule has 1 aliphatic rings. The van der Waals surface area contributed by atoms with Gasteiger partial charge >= 0.3 is 17.6 Å². The third-order valence-electron chi connectivity index (χ3n) is 3.37. The van der Waals surface area contributed by atoms with E-state index in [9.17, 15) is 19.2 Å². The molecule has 0 amide bonds. The molecule has 0 radical (unpaired) electrons. The van der Waals surface area contributed by atoms with Crippen molar-refractivity contribution in [2.75, 3.05) is 13.2 Å². The van der Waals surface area contributed by atoms with E-state index in [1.54, 1.807) is 12.2 Å². The molecule has 0 saturated carbocycles. The smallest absolute Gasteiger partial charge is 0.330 e. The molecule has 9 nitrogen and oxygen atoms in total. The van der Waals surface area contributed by atoms with Crippen molar-refractivity contribution >= 4 is 11.9 Å². The largest absolute Gasteiger partial charge is 0.465 e. The Bertz CT molecular complexity index is 749. The van der Waals surface area contributed by atoms with E-state index in [-0.39, 0.29) is 19.1 Å². The van der Waals surface area contributed by atoms with Crippen molar-refractivity contribution in [3.8, 4) is 0 Å². The number of carbonyl (C=O) groups excluding carboxylic acids is 2. The van der Waals surface area contributed by atoms with E-state index in [4.69, 9.17) is 14.2 Å². The SMILES string of the molecule is CC(=O)OC[C@H]1C=C[C@@H](n2ccc(=O)[nH]c2=O)O[C@@H]1COC(C)=O. The van der Waals surface area contributed by atoms with Crippen molar-refractivity contribution in [1.29, 1.82) is 0 Å². The van der Waals surface area contributed by atoms with Gasteiger partial charge in [-0.2, -0.15) is 0 Å². The molecule has 24 heavy (non-hydrogen) atoms. The Balaban J connectivity index is 2.19. The summed E-state index contributed by atoms with van der Waals surface area (Å²) in [7, 11) is 0. The quantitative estimate of drug-likeness (QED) is 0.580. The van der Waals surface area contributed by atoms with Crippen LogP contribution in [0.2, 0.25) is 0 Å². The van der Waals surface area contributed by atoms with Gasteiger partial charge in [-0.15, -0.1) is 0 Å². The van der Waals surface area contributed by atoms with E-state index in [0.717, 1.165) is 0 Å². The first-order chi connectivity index (χ1) is 11.4. The highest BCUT2D eigenvalue weighted by Crippen LogP contribution is 2.25. The monoisotopic (exact) mass is 338 g/mol. The first-order valence-electron chi connectivity index (χ1n) is 7.29. The molecule has 0 spiro atoms. The van der Waals surface area contributed by atoms with Crippen LogP contribution in [0.5, 0.6) is 0 Å². The number of nitrogens with one attached hydrogen (secondary N) is 1. The minimum atomic E-state index is -0.775. The maximum Gasteiger partial charge on any atom is 0.330 e. The number of hydrogen-bond donors (Lipinski definition) is 1. The van der Waals surface area contributed by atoms with Crippen molar-refractivity contribution < 1.29 is 23.8 Å². The second kappa shape index (κ2) is 7.73. The minimum absolute atomic E-state index is 0.0553. The van der Waals surface area contributed by atoms with Gasteiger partial charge in [0.25, 0.3) is 5.56 Å². The van der Waals surface area contributed by atoms with Gasteiger partial charge in [0.2, 0.25) is 0 Å². The zero-order valence-electron chi connectivity index (χ0n) is 13.3. The molecule has 0 aliphatic carbocycles. The molecule has 9 heteroatoms. The topological polar surface area (TPSA) is 117 Å². The lowest BCUT2D eigenvalue weighted by Crippen LogP contribution is -2.40. The Morgan fingerprint density at radius 2 is 1.83 bits per heavy atom. The van der Waals surface area contributed by atoms with Crippen LogP contribution in [0.25, 0.3) is 0 Å². The zero-order valence-corrected chi connectivity index (χ0v) is 13.3. The molecule has 3 atom stereocenters. The van der Waals surface area contributed by atoms with Gasteiger partial charge in [0, 0.05) is 32.0 Å². The first-order valence-corrected chi connectivity index (χ1v) is 7.29. The molecule has 1 aromatic heterocycles. The number of ether oxygens (including phenoxy) is 3. The average molecular weight is 338 g/mol. The molecule has 0 bridgehead atoms. The maximum atomic E-state index is 11.8. The highest BCUT2D eigenvalue weighted by Gasteiger charge is 2.30. The van der Waals surface area contributed by atoms with Crippen LogP contribution < -0.4 is 11.2 Å². The Labute approximate surface area is 136 Å². The summed E-state index contributed by atoms with van der Waals surface area (Å²) in [4.78, 5) is 47.1.